The van der Waals surface area contributed by atoms with Gasteiger partial charge in [-0.25, -0.2) is 0 Å². The number of Topliss-reactive ketones (excluding diaryl/α,β-unsaturated/α-hetero) is 1. The van der Waals surface area contributed by atoms with Crippen LogP contribution in [0.25, 0.3) is 0 Å². The quantitative estimate of drug-likeness (QED) is 0.671. The van der Waals surface area contributed by atoms with Crippen LogP contribution in [0.1, 0.15) is 59.8 Å². The molecule has 3 saturated carbocycles. The van der Waals surface area contributed by atoms with E-state index in [1.54, 1.807) is 6.92 Å². The van der Waals surface area contributed by atoms with Gasteiger partial charge in [-0.1, -0.05) is 20.8 Å². The minimum absolute atomic E-state index is 0.383. The summed E-state index contributed by atoms with van der Waals surface area (Å²) in [5.74, 6) is 0.383. The highest BCUT2D eigenvalue weighted by atomic mass is 16.1. The van der Waals surface area contributed by atoms with Gasteiger partial charge in [-0.3, -0.25) is 0 Å². The van der Waals surface area contributed by atoms with Gasteiger partial charge in [-0.15, -0.1) is 0 Å². The molecule has 0 heterocycles. The molecule has 0 aliphatic heterocycles. The maximum absolute atomic E-state index is 11.1. The molecule has 3 aliphatic rings. The third kappa shape index (κ3) is 1.62. The molecule has 0 radical (unpaired) electrons. The van der Waals surface area contributed by atoms with E-state index < -0.39 is 0 Å². The van der Waals surface area contributed by atoms with Gasteiger partial charge in [0.05, 0.1) is 0 Å². The molecule has 3 rings (SSSR count). The second kappa shape index (κ2) is 2.62. The molecule has 0 unspecified atom stereocenters. The zero-order valence-corrected chi connectivity index (χ0v) is 9.94. The lowest BCUT2D eigenvalue weighted by Gasteiger charge is -2.72. The van der Waals surface area contributed by atoms with Crippen molar-refractivity contribution in [3.05, 3.63) is 0 Å². The summed E-state index contributed by atoms with van der Waals surface area (Å²) in [5, 5.41) is 0. The van der Waals surface area contributed by atoms with Crippen molar-refractivity contribution in [3.63, 3.8) is 0 Å². The van der Waals surface area contributed by atoms with Crippen LogP contribution >= 0.6 is 0 Å². The van der Waals surface area contributed by atoms with Crippen molar-refractivity contribution < 1.29 is 4.79 Å². The first kappa shape index (κ1) is 10.2. The van der Waals surface area contributed by atoms with E-state index in [-0.39, 0.29) is 0 Å². The van der Waals surface area contributed by atoms with Crippen molar-refractivity contribution in [2.45, 2.75) is 59.8 Å². The second-order valence-corrected chi connectivity index (χ2v) is 7.15. The van der Waals surface area contributed by atoms with Gasteiger partial charge < -0.3 is 4.79 Å². The van der Waals surface area contributed by atoms with E-state index in [9.17, 15) is 4.79 Å². The number of ketones is 1. The minimum Gasteiger partial charge on any atom is -0.300 e. The highest BCUT2D eigenvalue weighted by Crippen LogP contribution is 2.77. The summed E-state index contributed by atoms with van der Waals surface area (Å²) < 4.78 is 0. The van der Waals surface area contributed by atoms with Crippen LogP contribution in [-0.2, 0) is 4.79 Å². The van der Waals surface area contributed by atoms with Crippen LogP contribution in [0.5, 0.6) is 0 Å². The van der Waals surface area contributed by atoms with Crippen molar-refractivity contribution in [2.75, 3.05) is 0 Å². The molecule has 0 aromatic heterocycles. The van der Waals surface area contributed by atoms with E-state index in [4.69, 9.17) is 0 Å². The zero-order chi connectivity index (χ0) is 10.6. The summed E-state index contributed by atoms with van der Waals surface area (Å²) in [5.41, 5.74) is 1.58. The molecule has 3 aliphatic carbocycles. The average molecular weight is 194 g/mol. The van der Waals surface area contributed by atoms with E-state index in [1.165, 1.54) is 25.7 Å². The Morgan fingerprint density at radius 2 is 1.64 bits per heavy atom. The number of hydrogen-bond donors (Lipinski definition) is 0. The predicted molar refractivity (Wildman–Crippen MR) is 58.1 cm³/mol. The third-order valence-corrected chi connectivity index (χ3v) is 3.78. The van der Waals surface area contributed by atoms with Crippen LogP contribution in [0, 0.1) is 16.2 Å². The van der Waals surface area contributed by atoms with Gasteiger partial charge in [-0.2, -0.15) is 0 Å². The van der Waals surface area contributed by atoms with E-state index in [0.29, 0.717) is 22.0 Å². The Labute approximate surface area is 87.3 Å². The van der Waals surface area contributed by atoms with Crippen LogP contribution in [0.2, 0.25) is 0 Å². The summed E-state index contributed by atoms with van der Waals surface area (Å²) in [7, 11) is 0. The molecular formula is C13H22O. The highest BCUT2D eigenvalue weighted by Gasteiger charge is 2.67. The molecule has 80 valence electrons. The molecule has 0 atom stereocenters. The SMILES string of the molecule is CC(=O)CC12CC(CC(C)(C)C)(C1)C2. The predicted octanol–water partition coefficient (Wildman–Crippen LogP) is 3.57. The van der Waals surface area contributed by atoms with E-state index in [2.05, 4.69) is 20.8 Å². The van der Waals surface area contributed by atoms with Gasteiger partial charge in [0.2, 0.25) is 0 Å². The van der Waals surface area contributed by atoms with Crippen LogP contribution < -0.4 is 0 Å². The van der Waals surface area contributed by atoms with Gasteiger partial charge in [-0.05, 0) is 48.9 Å². The van der Waals surface area contributed by atoms with Gasteiger partial charge in [0.1, 0.15) is 5.78 Å². The Hall–Kier alpha value is -0.330. The van der Waals surface area contributed by atoms with Gasteiger partial charge in [0.15, 0.2) is 0 Å². The second-order valence-electron chi connectivity index (χ2n) is 7.15. The molecule has 1 heteroatoms. The molecule has 0 aromatic rings. The average Bonchev–Trinajstić information content (AvgIpc) is 1.75. The van der Waals surface area contributed by atoms with Crippen molar-refractivity contribution in [1.29, 1.82) is 0 Å². The Bertz CT molecular complexity index is 250. The summed E-state index contributed by atoms with van der Waals surface area (Å²) >= 11 is 0. The van der Waals surface area contributed by atoms with Gasteiger partial charge in [0.25, 0.3) is 0 Å². The Morgan fingerprint density at radius 1 is 1.14 bits per heavy atom. The molecule has 0 aromatic carbocycles. The highest BCUT2D eigenvalue weighted by molar-refractivity contribution is 5.76. The molecule has 0 N–H and O–H groups in total. The molecule has 0 saturated heterocycles. The fraction of sp³-hybridized carbons (Fsp3) is 0.923. The molecule has 14 heavy (non-hydrogen) atoms. The first-order valence-electron chi connectivity index (χ1n) is 5.74. The number of carbonyl (C=O) groups excluding carboxylic acids is 1. The zero-order valence-electron chi connectivity index (χ0n) is 9.94. The lowest BCUT2D eigenvalue weighted by molar-refractivity contribution is -0.220. The maximum atomic E-state index is 11.1. The van der Waals surface area contributed by atoms with Crippen LogP contribution in [0.4, 0.5) is 0 Å². The Kier molecular flexibility index (Phi) is 1.91. The first-order valence-corrected chi connectivity index (χ1v) is 5.74. The maximum Gasteiger partial charge on any atom is 0.130 e. The molecule has 1 nitrogen and oxygen atoms in total. The van der Waals surface area contributed by atoms with Gasteiger partial charge >= 0.3 is 0 Å². The van der Waals surface area contributed by atoms with Crippen LogP contribution in [-0.4, -0.2) is 5.78 Å². The van der Waals surface area contributed by atoms with Crippen molar-refractivity contribution in [2.24, 2.45) is 16.2 Å². The molecule has 0 spiro atoms. The number of hydrogen-bond acceptors (Lipinski definition) is 1. The van der Waals surface area contributed by atoms with Crippen LogP contribution in [0.15, 0.2) is 0 Å². The van der Waals surface area contributed by atoms with Crippen LogP contribution in [0.3, 0.4) is 0 Å². The summed E-state index contributed by atoms with van der Waals surface area (Å²) in [6, 6.07) is 0. The fourth-order valence-electron chi connectivity index (χ4n) is 4.26. The fourth-order valence-corrected chi connectivity index (χ4v) is 4.26. The first-order chi connectivity index (χ1) is 6.24. The Morgan fingerprint density at radius 3 is 2.00 bits per heavy atom. The standard InChI is InChI=1S/C13H22O/c1-10(14)5-12-7-13(8-12,9-12)6-11(2,3)4/h5-9H2,1-4H3. The molecule has 3 fully saturated rings. The number of carbonyl (C=O) groups is 1. The van der Waals surface area contributed by atoms with E-state index in [0.717, 1.165) is 6.42 Å². The lowest BCUT2D eigenvalue weighted by Crippen LogP contribution is -2.62. The van der Waals surface area contributed by atoms with Crippen molar-refractivity contribution in [3.8, 4) is 0 Å². The summed E-state index contributed by atoms with van der Waals surface area (Å²) in [6.45, 7) is 8.71. The third-order valence-electron chi connectivity index (χ3n) is 3.78. The summed E-state index contributed by atoms with van der Waals surface area (Å²) in [4.78, 5) is 11.1. The molecular weight excluding hydrogens is 172 g/mol. The van der Waals surface area contributed by atoms with Crippen molar-refractivity contribution >= 4 is 5.78 Å². The topological polar surface area (TPSA) is 17.1 Å². The van der Waals surface area contributed by atoms with Gasteiger partial charge in [0, 0.05) is 6.42 Å². The number of rotatable bonds is 3. The molecule has 2 bridgehead atoms. The summed E-state index contributed by atoms with van der Waals surface area (Å²) in [6.07, 6.45) is 6.18. The normalized spacial score (nSPS) is 40.0. The minimum atomic E-state index is 0.383. The van der Waals surface area contributed by atoms with E-state index >= 15 is 0 Å². The van der Waals surface area contributed by atoms with E-state index in [1.807, 2.05) is 0 Å². The monoisotopic (exact) mass is 194 g/mol. The smallest absolute Gasteiger partial charge is 0.130 e. The largest absolute Gasteiger partial charge is 0.300 e. The lowest BCUT2D eigenvalue weighted by atomic mass is 9.32. The van der Waals surface area contributed by atoms with Crippen molar-refractivity contribution in [1.82, 2.24) is 0 Å². The molecule has 0 amide bonds. The Balaban J connectivity index is 1.85.